The van der Waals surface area contributed by atoms with Gasteiger partial charge in [0.25, 0.3) is 5.91 Å². The van der Waals surface area contributed by atoms with Gasteiger partial charge in [-0.05, 0) is 49.9 Å². The maximum absolute atomic E-state index is 13.2. The Bertz CT molecular complexity index is 1560. The number of aryl methyl sites for hydroxylation is 1. The normalized spacial score (nSPS) is 18.3. The monoisotopic (exact) mass is 573 g/mol. The molecule has 0 radical (unpaired) electrons. The molecule has 39 heavy (non-hydrogen) atoms. The number of carbonyl (C=O) groups excluding carboxylic acids is 2. The first-order chi connectivity index (χ1) is 18.8. The van der Waals surface area contributed by atoms with Gasteiger partial charge in [0.15, 0.2) is 16.3 Å². The number of benzene rings is 2. The number of hydrogen-bond acceptors (Lipinski definition) is 8. The lowest BCUT2D eigenvalue weighted by atomic mass is 10.0. The maximum Gasteiger partial charge on any atom is 0.307 e. The van der Waals surface area contributed by atoms with E-state index in [0.717, 1.165) is 23.1 Å². The lowest BCUT2D eigenvalue weighted by Gasteiger charge is -2.30. The minimum absolute atomic E-state index is 0.108. The van der Waals surface area contributed by atoms with Crippen LogP contribution in [0.5, 0.6) is 11.5 Å². The van der Waals surface area contributed by atoms with Crippen molar-refractivity contribution >= 4 is 43.5 Å². The predicted molar refractivity (Wildman–Crippen MR) is 146 cm³/mol. The van der Waals surface area contributed by atoms with E-state index in [9.17, 15) is 18.0 Å². The van der Waals surface area contributed by atoms with Crippen LogP contribution in [-0.2, 0) is 26.1 Å². The first-order valence-corrected chi connectivity index (χ1v) is 15.3. The second-order valence-electron chi connectivity index (χ2n) is 9.61. The summed E-state index contributed by atoms with van der Waals surface area (Å²) >= 11 is 1.30. The summed E-state index contributed by atoms with van der Waals surface area (Å²) in [6, 6.07) is 9.57. The highest BCUT2D eigenvalue weighted by Crippen LogP contribution is 2.35. The average Bonchev–Trinajstić information content (AvgIpc) is 3.26. The number of hydrogen-bond donors (Lipinski definition) is 0. The van der Waals surface area contributed by atoms with Gasteiger partial charge in [-0.15, -0.1) is 0 Å². The Morgan fingerprint density at radius 2 is 1.85 bits per heavy atom. The number of fused-ring (bicyclic) bond motifs is 2. The molecule has 3 aromatic rings. The maximum atomic E-state index is 13.2. The van der Waals surface area contributed by atoms with E-state index < -0.39 is 15.9 Å². The average molecular weight is 574 g/mol. The van der Waals surface area contributed by atoms with Gasteiger partial charge in [0, 0.05) is 37.3 Å². The molecule has 0 spiro atoms. The molecule has 1 saturated heterocycles. The minimum atomic E-state index is -3.63. The van der Waals surface area contributed by atoms with Crippen molar-refractivity contribution in [3.05, 3.63) is 46.8 Å². The molecule has 1 aromatic heterocycles. The molecule has 2 aliphatic heterocycles. The SMILES string of the molecule is CCOC(=O)CCn1c(=NC(=O)c2ccc(S(=O)(=O)N3CCCC(C)C3)cc2)sc2cc3c(cc21)OCCO3. The molecule has 0 N–H and O–H groups in total. The van der Waals surface area contributed by atoms with Gasteiger partial charge >= 0.3 is 5.97 Å². The molecule has 10 nitrogen and oxygen atoms in total. The second kappa shape index (κ2) is 11.5. The van der Waals surface area contributed by atoms with Gasteiger partial charge < -0.3 is 18.8 Å². The zero-order valence-electron chi connectivity index (χ0n) is 21.9. The Hall–Kier alpha value is -3.22. The highest BCUT2D eigenvalue weighted by Gasteiger charge is 2.28. The Morgan fingerprint density at radius 1 is 1.13 bits per heavy atom. The Balaban J connectivity index is 1.46. The van der Waals surface area contributed by atoms with Gasteiger partial charge in [0.2, 0.25) is 10.0 Å². The highest BCUT2D eigenvalue weighted by atomic mass is 32.2. The summed E-state index contributed by atoms with van der Waals surface area (Å²) in [6.07, 6.45) is 1.96. The van der Waals surface area contributed by atoms with Crippen LogP contribution in [0.25, 0.3) is 10.2 Å². The zero-order valence-corrected chi connectivity index (χ0v) is 23.6. The van der Waals surface area contributed by atoms with Crippen LogP contribution < -0.4 is 14.3 Å². The lowest BCUT2D eigenvalue weighted by molar-refractivity contribution is -0.143. The summed E-state index contributed by atoms with van der Waals surface area (Å²) in [5.41, 5.74) is 1.03. The third-order valence-corrected chi connectivity index (χ3v) is 9.67. The summed E-state index contributed by atoms with van der Waals surface area (Å²) in [5, 5.41) is 0. The van der Waals surface area contributed by atoms with Gasteiger partial charge in [-0.25, -0.2) is 8.42 Å². The second-order valence-corrected chi connectivity index (χ2v) is 12.6. The van der Waals surface area contributed by atoms with Gasteiger partial charge in [0.1, 0.15) is 13.2 Å². The van der Waals surface area contributed by atoms with Crippen LogP contribution in [0, 0.1) is 5.92 Å². The van der Waals surface area contributed by atoms with Crippen molar-refractivity contribution in [3.63, 3.8) is 0 Å². The summed E-state index contributed by atoms with van der Waals surface area (Å²) < 4.78 is 46.8. The van der Waals surface area contributed by atoms with E-state index in [2.05, 4.69) is 4.99 Å². The summed E-state index contributed by atoms with van der Waals surface area (Å²) in [7, 11) is -3.63. The number of sulfonamides is 1. The van der Waals surface area contributed by atoms with E-state index >= 15 is 0 Å². The standard InChI is InChI=1S/C27H31N3O7S2/c1-3-35-25(31)10-12-30-21-15-22-23(37-14-13-36-22)16-24(21)38-27(30)28-26(32)19-6-8-20(9-7-19)39(33,34)29-11-4-5-18(2)17-29/h6-9,15-16,18H,3-5,10-14,17H2,1-2H3. The van der Waals surface area contributed by atoms with Crippen LogP contribution in [0.1, 0.15) is 43.5 Å². The Labute approximate surface area is 230 Å². The van der Waals surface area contributed by atoms with E-state index in [-0.39, 0.29) is 36.0 Å². The van der Waals surface area contributed by atoms with Crippen molar-refractivity contribution in [1.29, 1.82) is 0 Å². The first kappa shape index (κ1) is 27.4. The van der Waals surface area contributed by atoms with Gasteiger partial charge in [-0.3, -0.25) is 9.59 Å². The zero-order chi connectivity index (χ0) is 27.6. The van der Waals surface area contributed by atoms with E-state index in [4.69, 9.17) is 14.2 Å². The molecule has 3 heterocycles. The molecule has 2 aromatic carbocycles. The number of piperidine rings is 1. The van der Waals surface area contributed by atoms with Crippen LogP contribution in [-0.4, -0.2) is 62.1 Å². The summed E-state index contributed by atoms with van der Waals surface area (Å²) in [5.74, 6) is 0.659. The minimum Gasteiger partial charge on any atom is -0.486 e. The van der Waals surface area contributed by atoms with Crippen molar-refractivity contribution in [2.24, 2.45) is 10.9 Å². The van der Waals surface area contributed by atoms with E-state index in [1.807, 2.05) is 19.1 Å². The van der Waals surface area contributed by atoms with E-state index in [1.165, 1.54) is 39.9 Å². The molecule has 2 aliphatic rings. The number of esters is 1. The molecule has 12 heteroatoms. The van der Waals surface area contributed by atoms with Crippen LogP contribution in [0.15, 0.2) is 46.3 Å². The molecule has 5 rings (SSSR count). The smallest absolute Gasteiger partial charge is 0.307 e. The third-order valence-electron chi connectivity index (χ3n) is 6.75. The number of amides is 1. The number of aromatic nitrogens is 1. The fourth-order valence-electron chi connectivity index (χ4n) is 4.78. The van der Waals surface area contributed by atoms with Crippen molar-refractivity contribution in [2.45, 2.75) is 44.6 Å². The van der Waals surface area contributed by atoms with E-state index in [0.29, 0.717) is 48.5 Å². The molecule has 208 valence electrons. The molecular weight excluding hydrogens is 542 g/mol. The fraction of sp³-hybridized carbons (Fsp3) is 0.444. The number of rotatable bonds is 7. The molecular formula is C27H31N3O7S2. The third kappa shape index (κ3) is 5.87. The number of carbonyl (C=O) groups is 2. The molecule has 0 aliphatic carbocycles. The van der Waals surface area contributed by atoms with Crippen molar-refractivity contribution in [2.75, 3.05) is 32.9 Å². The quantitative estimate of drug-likeness (QED) is 0.397. The number of ether oxygens (including phenoxy) is 3. The van der Waals surface area contributed by atoms with Gasteiger partial charge in [0.05, 0.1) is 28.1 Å². The molecule has 0 saturated carbocycles. The molecule has 0 bridgehead atoms. The Morgan fingerprint density at radius 3 is 2.54 bits per heavy atom. The first-order valence-electron chi connectivity index (χ1n) is 13.0. The summed E-state index contributed by atoms with van der Waals surface area (Å²) in [6.45, 7) is 6.22. The molecule has 1 atom stereocenters. The van der Waals surface area contributed by atoms with Crippen LogP contribution in [0.4, 0.5) is 0 Å². The van der Waals surface area contributed by atoms with Crippen molar-refractivity contribution in [1.82, 2.24) is 8.87 Å². The Kier molecular flexibility index (Phi) is 8.06. The number of nitrogens with zero attached hydrogens (tertiary/aromatic N) is 3. The van der Waals surface area contributed by atoms with Crippen LogP contribution in [0.3, 0.4) is 0 Å². The van der Waals surface area contributed by atoms with Crippen molar-refractivity contribution in [3.8, 4) is 11.5 Å². The van der Waals surface area contributed by atoms with Gasteiger partial charge in [-0.1, -0.05) is 18.3 Å². The van der Waals surface area contributed by atoms with Gasteiger partial charge in [-0.2, -0.15) is 9.30 Å². The fourth-order valence-corrected chi connectivity index (χ4v) is 7.44. The van der Waals surface area contributed by atoms with Crippen molar-refractivity contribution < 1.29 is 32.2 Å². The lowest BCUT2D eigenvalue weighted by Crippen LogP contribution is -2.39. The number of thiazole rings is 1. The molecule has 1 fully saturated rings. The topological polar surface area (TPSA) is 117 Å². The highest BCUT2D eigenvalue weighted by molar-refractivity contribution is 7.89. The van der Waals surface area contributed by atoms with Crippen LogP contribution in [0.2, 0.25) is 0 Å². The molecule has 1 unspecified atom stereocenters. The predicted octanol–water partition coefficient (Wildman–Crippen LogP) is 3.59. The van der Waals surface area contributed by atoms with Crippen LogP contribution >= 0.6 is 11.3 Å². The largest absolute Gasteiger partial charge is 0.486 e. The van der Waals surface area contributed by atoms with E-state index in [1.54, 1.807) is 11.5 Å². The molecule has 1 amide bonds. The summed E-state index contributed by atoms with van der Waals surface area (Å²) in [4.78, 5) is 30.2.